The first-order valence-electron chi connectivity index (χ1n) is 6.52. The van der Waals surface area contributed by atoms with Crippen molar-refractivity contribution < 1.29 is 4.74 Å². The highest BCUT2D eigenvalue weighted by Gasteiger charge is 2.46. The molecule has 1 saturated carbocycles. The summed E-state index contributed by atoms with van der Waals surface area (Å²) in [6, 6.07) is 0. The topological polar surface area (TPSA) is 35.2 Å². The first kappa shape index (κ1) is 14.8. The van der Waals surface area contributed by atoms with Crippen LogP contribution in [0.2, 0.25) is 0 Å². The highest BCUT2D eigenvalue weighted by molar-refractivity contribution is 5.85. The van der Waals surface area contributed by atoms with Gasteiger partial charge in [-0.1, -0.05) is 18.8 Å². The van der Waals surface area contributed by atoms with Crippen molar-refractivity contribution in [3.05, 3.63) is 0 Å². The van der Waals surface area contributed by atoms with Crippen LogP contribution in [-0.4, -0.2) is 18.8 Å². The van der Waals surface area contributed by atoms with Gasteiger partial charge < -0.3 is 10.5 Å². The maximum Gasteiger partial charge on any atom is 0.0697 e. The molecule has 1 saturated heterocycles. The van der Waals surface area contributed by atoms with Gasteiger partial charge in [-0.15, -0.1) is 18.3 Å². The molecule has 0 amide bonds. The molecule has 17 heavy (non-hydrogen) atoms. The molecule has 1 atom stereocenters. The van der Waals surface area contributed by atoms with Crippen molar-refractivity contribution in [2.45, 2.75) is 57.5 Å². The van der Waals surface area contributed by atoms with Crippen LogP contribution in [0.25, 0.3) is 0 Å². The van der Waals surface area contributed by atoms with Gasteiger partial charge in [-0.25, -0.2) is 0 Å². The fourth-order valence-electron chi connectivity index (χ4n) is 3.48. The van der Waals surface area contributed by atoms with Gasteiger partial charge in [0.05, 0.1) is 5.60 Å². The summed E-state index contributed by atoms with van der Waals surface area (Å²) in [6.07, 6.45) is 8.29. The Morgan fingerprint density at radius 2 is 1.94 bits per heavy atom. The lowest BCUT2D eigenvalue weighted by atomic mass is 9.70. The molecule has 0 bridgehead atoms. The summed E-state index contributed by atoms with van der Waals surface area (Å²) in [5.74, 6) is 6.55. The maximum absolute atomic E-state index is 6.07. The van der Waals surface area contributed by atoms with E-state index < -0.39 is 0 Å². The second kappa shape index (κ2) is 6.09. The van der Waals surface area contributed by atoms with Gasteiger partial charge in [0.1, 0.15) is 0 Å². The van der Waals surface area contributed by atoms with E-state index in [4.69, 9.17) is 10.5 Å². The van der Waals surface area contributed by atoms with Crippen LogP contribution in [0.15, 0.2) is 0 Å². The Balaban J connectivity index is 0.00000144. The Kier molecular flexibility index (Phi) is 5.31. The van der Waals surface area contributed by atoms with Crippen molar-refractivity contribution in [1.82, 2.24) is 0 Å². The summed E-state index contributed by atoms with van der Waals surface area (Å²) in [5, 5.41) is 0. The largest absolute Gasteiger partial charge is 0.375 e. The molecule has 1 spiro atoms. The normalized spacial score (nSPS) is 30.5. The van der Waals surface area contributed by atoms with Crippen molar-refractivity contribution in [2.75, 3.05) is 13.2 Å². The van der Waals surface area contributed by atoms with Crippen LogP contribution in [0.1, 0.15) is 51.9 Å². The standard InChI is InChI=1S/C14H23NO.ClH/c1-2-5-13(8-10-15)9-11-16-14(12-13)6-3-4-7-14;/h3-4,6-12,15H2,1H3;1H. The molecule has 0 aromatic heterocycles. The van der Waals surface area contributed by atoms with Crippen molar-refractivity contribution in [2.24, 2.45) is 11.1 Å². The molecule has 2 nitrogen and oxygen atoms in total. The average molecular weight is 258 g/mol. The Morgan fingerprint density at radius 1 is 1.24 bits per heavy atom. The molecule has 1 heterocycles. The van der Waals surface area contributed by atoms with Gasteiger partial charge in [-0.05, 0) is 45.6 Å². The number of hydrogen-bond donors (Lipinski definition) is 1. The number of hydrogen-bond acceptors (Lipinski definition) is 2. The molecule has 3 heteroatoms. The predicted octanol–water partition coefficient (Wildman–Crippen LogP) is 2.89. The SMILES string of the molecule is CC#CC1(CCN)CCOC2(CCCC2)C1.Cl. The molecule has 0 aromatic rings. The predicted molar refractivity (Wildman–Crippen MR) is 73.2 cm³/mol. The quantitative estimate of drug-likeness (QED) is 0.772. The summed E-state index contributed by atoms with van der Waals surface area (Å²) >= 11 is 0. The van der Waals surface area contributed by atoms with E-state index >= 15 is 0 Å². The van der Waals surface area contributed by atoms with Gasteiger partial charge in [0.25, 0.3) is 0 Å². The van der Waals surface area contributed by atoms with E-state index in [0.29, 0.717) is 0 Å². The Hall–Kier alpha value is -0.230. The first-order chi connectivity index (χ1) is 7.74. The van der Waals surface area contributed by atoms with Crippen LogP contribution in [-0.2, 0) is 4.74 Å². The molecule has 0 radical (unpaired) electrons. The van der Waals surface area contributed by atoms with Crippen LogP contribution >= 0.6 is 12.4 Å². The zero-order chi connectivity index (χ0) is 11.5. The zero-order valence-corrected chi connectivity index (χ0v) is 11.6. The van der Waals surface area contributed by atoms with Crippen LogP contribution in [0.3, 0.4) is 0 Å². The average Bonchev–Trinajstić information content (AvgIpc) is 2.67. The van der Waals surface area contributed by atoms with Crippen molar-refractivity contribution in [1.29, 1.82) is 0 Å². The Morgan fingerprint density at radius 3 is 2.53 bits per heavy atom. The van der Waals surface area contributed by atoms with Crippen molar-refractivity contribution in [3.8, 4) is 11.8 Å². The second-order valence-corrected chi connectivity index (χ2v) is 5.36. The van der Waals surface area contributed by atoms with Gasteiger partial charge in [0, 0.05) is 12.0 Å². The minimum atomic E-state index is 0. The van der Waals surface area contributed by atoms with E-state index in [1.165, 1.54) is 25.7 Å². The molecule has 2 aliphatic rings. The molecule has 2 fully saturated rings. The third-order valence-electron chi connectivity index (χ3n) is 4.18. The molecule has 1 unspecified atom stereocenters. The highest BCUT2D eigenvalue weighted by atomic mass is 35.5. The van der Waals surface area contributed by atoms with Crippen molar-refractivity contribution in [3.63, 3.8) is 0 Å². The smallest absolute Gasteiger partial charge is 0.0697 e. The molecule has 2 N–H and O–H groups in total. The summed E-state index contributed by atoms with van der Waals surface area (Å²) in [4.78, 5) is 0. The number of ether oxygens (including phenoxy) is 1. The van der Waals surface area contributed by atoms with E-state index in [1.807, 2.05) is 6.92 Å². The summed E-state index contributed by atoms with van der Waals surface area (Å²) < 4.78 is 6.07. The molecular formula is C14H24ClNO. The Labute approximate surface area is 111 Å². The lowest BCUT2D eigenvalue weighted by molar-refractivity contribution is -0.109. The summed E-state index contributed by atoms with van der Waals surface area (Å²) in [6.45, 7) is 3.55. The van der Waals surface area contributed by atoms with Gasteiger partial charge in [-0.2, -0.15) is 0 Å². The van der Waals surface area contributed by atoms with E-state index in [1.54, 1.807) is 0 Å². The van der Waals surface area contributed by atoms with E-state index in [9.17, 15) is 0 Å². The van der Waals surface area contributed by atoms with E-state index in [-0.39, 0.29) is 23.4 Å². The number of halogens is 1. The molecular weight excluding hydrogens is 234 g/mol. The fraction of sp³-hybridized carbons (Fsp3) is 0.857. The molecule has 98 valence electrons. The second-order valence-electron chi connectivity index (χ2n) is 5.36. The van der Waals surface area contributed by atoms with Crippen LogP contribution < -0.4 is 5.73 Å². The molecule has 0 aromatic carbocycles. The van der Waals surface area contributed by atoms with E-state index in [0.717, 1.165) is 32.4 Å². The van der Waals surface area contributed by atoms with Crippen LogP contribution in [0.4, 0.5) is 0 Å². The van der Waals surface area contributed by atoms with Crippen molar-refractivity contribution >= 4 is 12.4 Å². The van der Waals surface area contributed by atoms with E-state index in [2.05, 4.69) is 11.8 Å². The summed E-state index contributed by atoms with van der Waals surface area (Å²) in [5.41, 5.74) is 6.05. The van der Waals surface area contributed by atoms with Gasteiger partial charge in [0.2, 0.25) is 0 Å². The minimum absolute atomic E-state index is 0. The maximum atomic E-state index is 6.07. The van der Waals surface area contributed by atoms with Gasteiger partial charge in [-0.3, -0.25) is 0 Å². The third-order valence-corrected chi connectivity index (χ3v) is 4.18. The lowest BCUT2D eigenvalue weighted by Crippen LogP contribution is -2.43. The van der Waals surface area contributed by atoms with Gasteiger partial charge in [0.15, 0.2) is 0 Å². The first-order valence-corrected chi connectivity index (χ1v) is 6.52. The molecule has 1 aliphatic heterocycles. The number of nitrogens with two attached hydrogens (primary N) is 1. The zero-order valence-electron chi connectivity index (χ0n) is 10.8. The van der Waals surface area contributed by atoms with Crippen LogP contribution in [0, 0.1) is 17.3 Å². The Bertz CT molecular complexity index is 297. The fourth-order valence-corrected chi connectivity index (χ4v) is 3.48. The highest BCUT2D eigenvalue weighted by Crippen LogP contribution is 2.48. The van der Waals surface area contributed by atoms with Crippen LogP contribution in [0.5, 0.6) is 0 Å². The number of rotatable bonds is 2. The molecule has 1 aliphatic carbocycles. The summed E-state index contributed by atoms with van der Waals surface area (Å²) in [7, 11) is 0. The molecule has 2 rings (SSSR count). The third kappa shape index (κ3) is 3.16. The lowest BCUT2D eigenvalue weighted by Gasteiger charge is -2.44. The van der Waals surface area contributed by atoms with Gasteiger partial charge >= 0.3 is 0 Å². The monoisotopic (exact) mass is 257 g/mol. The minimum Gasteiger partial charge on any atom is -0.375 e.